The minimum atomic E-state index is -0.424. The van der Waals surface area contributed by atoms with Crippen molar-refractivity contribution in [2.24, 2.45) is 5.92 Å². The first-order valence-corrected chi connectivity index (χ1v) is 7.16. The molecule has 100 valence electrons. The van der Waals surface area contributed by atoms with Crippen LogP contribution in [0.15, 0.2) is 5.38 Å². The lowest BCUT2D eigenvalue weighted by molar-refractivity contribution is 0.0464. The molecule has 1 aliphatic heterocycles. The van der Waals surface area contributed by atoms with Crippen LogP contribution in [0.2, 0.25) is 0 Å². The van der Waals surface area contributed by atoms with Crippen LogP contribution >= 0.6 is 11.3 Å². The van der Waals surface area contributed by atoms with Gasteiger partial charge in [-0.25, -0.2) is 9.78 Å². The Morgan fingerprint density at radius 2 is 2.50 bits per heavy atom. The van der Waals surface area contributed by atoms with E-state index in [1.807, 2.05) is 19.2 Å². The predicted octanol–water partition coefficient (Wildman–Crippen LogP) is 1.94. The first-order valence-electron chi connectivity index (χ1n) is 6.28. The largest absolute Gasteiger partial charge is 0.391 e. The number of anilines is 1. The van der Waals surface area contributed by atoms with Crippen LogP contribution in [0.25, 0.3) is 0 Å². The summed E-state index contributed by atoms with van der Waals surface area (Å²) in [5.74, 6) is 0.264. The van der Waals surface area contributed by atoms with Gasteiger partial charge in [0.25, 0.3) is 0 Å². The molecule has 2 heterocycles. The maximum atomic E-state index is 12.0. The first-order chi connectivity index (χ1) is 8.60. The van der Waals surface area contributed by atoms with Gasteiger partial charge in [-0.2, -0.15) is 0 Å². The summed E-state index contributed by atoms with van der Waals surface area (Å²) in [5.41, 5.74) is 0.989. The van der Waals surface area contributed by atoms with E-state index in [2.05, 4.69) is 10.3 Å². The Morgan fingerprint density at radius 1 is 1.72 bits per heavy atom. The van der Waals surface area contributed by atoms with Gasteiger partial charge in [0.15, 0.2) is 5.13 Å². The highest BCUT2D eigenvalue weighted by Gasteiger charge is 2.27. The summed E-state index contributed by atoms with van der Waals surface area (Å²) in [6, 6.07) is -0.169. The quantitative estimate of drug-likeness (QED) is 0.862. The van der Waals surface area contributed by atoms with Crippen LogP contribution in [0.1, 0.15) is 26.0 Å². The molecule has 2 atom stereocenters. The number of rotatable bonds is 2. The zero-order valence-corrected chi connectivity index (χ0v) is 11.5. The number of carbonyl (C=O) groups excluding carboxylic acids is 1. The van der Waals surface area contributed by atoms with E-state index in [1.54, 1.807) is 4.90 Å². The molecule has 0 bridgehead atoms. The third-order valence-corrected chi connectivity index (χ3v) is 4.14. The summed E-state index contributed by atoms with van der Waals surface area (Å²) in [7, 11) is 0. The predicted molar refractivity (Wildman–Crippen MR) is 71.9 cm³/mol. The van der Waals surface area contributed by atoms with Crippen molar-refractivity contribution < 1.29 is 9.90 Å². The fraction of sp³-hybridized carbons (Fsp3) is 0.667. The number of hydrogen-bond acceptors (Lipinski definition) is 4. The second-order valence-corrected chi connectivity index (χ2v) is 5.57. The number of aromatic nitrogens is 1. The number of likely N-dealkylation sites (tertiary alicyclic amines) is 1. The maximum absolute atomic E-state index is 12.0. The van der Waals surface area contributed by atoms with Crippen molar-refractivity contribution in [2.75, 3.05) is 18.4 Å². The van der Waals surface area contributed by atoms with Crippen LogP contribution in [-0.4, -0.2) is 40.2 Å². The van der Waals surface area contributed by atoms with Gasteiger partial charge in [0.2, 0.25) is 0 Å². The molecular weight excluding hydrogens is 250 g/mol. The Bertz CT molecular complexity index is 421. The Labute approximate surface area is 111 Å². The molecule has 1 aromatic heterocycles. The Balaban J connectivity index is 1.91. The second-order valence-electron chi connectivity index (χ2n) is 4.71. The maximum Gasteiger partial charge on any atom is 0.323 e. The summed E-state index contributed by atoms with van der Waals surface area (Å²) in [5, 5.41) is 15.1. The van der Waals surface area contributed by atoms with Crippen LogP contribution in [-0.2, 0) is 6.42 Å². The molecule has 1 fully saturated rings. The zero-order chi connectivity index (χ0) is 13.1. The van der Waals surface area contributed by atoms with Gasteiger partial charge in [0.05, 0.1) is 11.8 Å². The van der Waals surface area contributed by atoms with Gasteiger partial charge >= 0.3 is 6.03 Å². The average Bonchev–Trinajstić information content (AvgIpc) is 2.80. The lowest BCUT2D eigenvalue weighted by Gasteiger charge is -2.33. The highest BCUT2D eigenvalue weighted by molar-refractivity contribution is 7.13. The number of piperidine rings is 1. The number of thiazole rings is 1. The third kappa shape index (κ3) is 3.00. The van der Waals surface area contributed by atoms with Crippen molar-refractivity contribution in [3.8, 4) is 0 Å². The average molecular weight is 269 g/mol. The second kappa shape index (κ2) is 5.67. The normalized spacial score (nSPS) is 24.1. The smallest absolute Gasteiger partial charge is 0.323 e. The Kier molecular flexibility index (Phi) is 4.19. The van der Waals surface area contributed by atoms with Gasteiger partial charge in [-0.15, -0.1) is 11.3 Å². The van der Waals surface area contributed by atoms with Gasteiger partial charge in [-0.05, 0) is 18.8 Å². The van der Waals surface area contributed by atoms with E-state index in [0.29, 0.717) is 18.2 Å². The molecule has 18 heavy (non-hydrogen) atoms. The summed E-state index contributed by atoms with van der Waals surface area (Å²) in [6.07, 6.45) is 1.28. The van der Waals surface area contributed by atoms with Crippen molar-refractivity contribution >= 4 is 22.5 Å². The number of amides is 2. The van der Waals surface area contributed by atoms with E-state index in [0.717, 1.165) is 18.5 Å². The van der Waals surface area contributed by atoms with E-state index in [1.165, 1.54) is 11.3 Å². The number of urea groups is 1. The molecule has 1 aliphatic rings. The van der Waals surface area contributed by atoms with Crippen LogP contribution in [0.4, 0.5) is 9.93 Å². The zero-order valence-electron chi connectivity index (χ0n) is 10.7. The van der Waals surface area contributed by atoms with Crippen molar-refractivity contribution in [3.63, 3.8) is 0 Å². The van der Waals surface area contributed by atoms with E-state index in [9.17, 15) is 9.90 Å². The first kappa shape index (κ1) is 13.3. The number of nitrogens with one attached hydrogen (secondary N) is 1. The van der Waals surface area contributed by atoms with Crippen molar-refractivity contribution in [3.05, 3.63) is 11.1 Å². The number of nitrogens with zero attached hydrogens (tertiary/aromatic N) is 2. The number of carbonyl (C=O) groups is 1. The van der Waals surface area contributed by atoms with Crippen molar-refractivity contribution in [1.82, 2.24) is 9.88 Å². The van der Waals surface area contributed by atoms with Gasteiger partial charge in [-0.1, -0.05) is 13.8 Å². The molecule has 1 saturated heterocycles. The topological polar surface area (TPSA) is 65.5 Å². The Hall–Kier alpha value is -1.14. The molecule has 2 rings (SSSR count). The number of β-amino-alcohol motifs (C(OH)–C–C–N with tert-alkyl or cyclic N) is 1. The van der Waals surface area contributed by atoms with E-state index in [4.69, 9.17) is 0 Å². The monoisotopic (exact) mass is 269 g/mol. The minimum Gasteiger partial charge on any atom is -0.391 e. The SMILES string of the molecule is CCc1csc(NC(=O)N2CCC(C)C(O)C2)n1. The van der Waals surface area contributed by atoms with Gasteiger partial charge in [0.1, 0.15) is 0 Å². The van der Waals surface area contributed by atoms with Gasteiger partial charge < -0.3 is 10.0 Å². The minimum absolute atomic E-state index is 0.169. The lowest BCUT2D eigenvalue weighted by atomic mass is 9.96. The lowest BCUT2D eigenvalue weighted by Crippen LogP contribution is -2.47. The number of aryl methyl sites for hydroxylation is 1. The number of aliphatic hydroxyl groups is 1. The summed E-state index contributed by atoms with van der Waals surface area (Å²) >= 11 is 1.44. The molecule has 2 amide bonds. The molecule has 5 nitrogen and oxygen atoms in total. The molecular formula is C12H19N3O2S. The number of aliphatic hydroxyl groups excluding tert-OH is 1. The molecule has 2 N–H and O–H groups in total. The van der Waals surface area contributed by atoms with Crippen LogP contribution in [0, 0.1) is 5.92 Å². The van der Waals surface area contributed by atoms with Gasteiger partial charge in [-0.3, -0.25) is 5.32 Å². The summed E-state index contributed by atoms with van der Waals surface area (Å²) < 4.78 is 0. The highest BCUT2D eigenvalue weighted by atomic mass is 32.1. The number of hydrogen-bond donors (Lipinski definition) is 2. The van der Waals surface area contributed by atoms with E-state index < -0.39 is 6.10 Å². The molecule has 6 heteroatoms. The van der Waals surface area contributed by atoms with Crippen molar-refractivity contribution in [1.29, 1.82) is 0 Å². The van der Waals surface area contributed by atoms with Crippen LogP contribution < -0.4 is 5.32 Å². The molecule has 1 aromatic rings. The third-order valence-electron chi connectivity index (χ3n) is 3.33. The van der Waals surface area contributed by atoms with Crippen LogP contribution in [0.5, 0.6) is 0 Å². The highest BCUT2D eigenvalue weighted by Crippen LogP contribution is 2.20. The molecule has 0 spiro atoms. The molecule has 0 radical (unpaired) electrons. The van der Waals surface area contributed by atoms with Crippen molar-refractivity contribution in [2.45, 2.75) is 32.8 Å². The van der Waals surface area contributed by atoms with E-state index >= 15 is 0 Å². The standard InChI is InChI=1S/C12H19N3O2S/c1-3-9-7-18-11(13-9)14-12(17)15-5-4-8(2)10(16)6-15/h7-8,10,16H,3-6H2,1-2H3,(H,13,14,17). The van der Waals surface area contributed by atoms with Crippen LogP contribution in [0.3, 0.4) is 0 Å². The van der Waals surface area contributed by atoms with Gasteiger partial charge in [0, 0.05) is 18.5 Å². The fourth-order valence-corrected chi connectivity index (χ4v) is 2.71. The molecule has 0 aromatic carbocycles. The molecule has 0 saturated carbocycles. The summed E-state index contributed by atoms with van der Waals surface area (Å²) in [6.45, 7) is 5.13. The Morgan fingerprint density at radius 3 is 3.11 bits per heavy atom. The van der Waals surface area contributed by atoms with E-state index in [-0.39, 0.29) is 11.9 Å². The molecule has 2 unspecified atom stereocenters. The molecule has 0 aliphatic carbocycles. The summed E-state index contributed by atoms with van der Waals surface area (Å²) in [4.78, 5) is 17.9. The fourth-order valence-electron chi connectivity index (χ4n) is 1.93.